The number of hydrogen-bond donors (Lipinski definition) is 3. The predicted molar refractivity (Wildman–Crippen MR) is 147 cm³/mol. The van der Waals surface area contributed by atoms with Gasteiger partial charge in [-0.3, -0.25) is 0 Å². The molecular formula is C23H18BrN7S3. The number of thiazole rings is 1. The Bertz CT molecular complexity index is 1490. The van der Waals surface area contributed by atoms with Gasteiger partial charge in [0.25, 0.3) is 0 Å². The minimum atomic E-state index is 0.495. The van der Waals surface area contributed by atoms with E-state index in [0.717, 1.165) is 53.1 Å². The lowest BCUT2D eigenvalue weighted by molar-refractivity contribution is 1.08. The van der Waals surface area contributed by atoms with Gasteiger partial charge in [0.2, 0.25) is 0 Å². The maximum atomic E-state index is 5.45. The molecule has 34 heavy (non-hydrogen) atoms. The molecule has 0 aliphatic heterocycles. The van der Waals surface area contributed by atoms with Crippen LogP contribution in [-0.4, -0.2) is 30.0 Å². The number of nitrogens with zero attached hydrogens (tertiary/aromatic N) is 4. The van der Waals surface area contributed by atoms with Crippen LogP contribution in [0.4, 0.5) is 10.8 Å². The van der Waals surface area contributed by atoms with Crippen molar-refractivity contribution in [3.63, 3.8) is 0 Å². The summed E-state index contributed by atoms with van der Waals surface area (Å²) in [5, 5.41) is 10.5. The quantitative estimate of drug-likeness (QED) is 0.157. The Morgan fingerprint density at radius 3 is 2.71 bits per heavy atom. The van der Waals surface area contributed by atoms with Gasteiger partial charge in [-0.25, -0.2) is 19.9 Å². The lowest BCUT2D eigenvalue weighted by Gasteiger charge is -2.11. The first-order valence-electron chi connectivity index (χ1n) is 10.2. The van der Waals surface area contributed by atoms with E-state index in [-0.39, 0.29) is 0 Å². The summed E-state index contributed by atoms with van der Waals surface area (Å²) in [5.41, 5.74) is 6.73. The number of aromatic nitrogens is 5. The first-order valence-corrected chi connectivity index (χ1v) is 13.1. The van der Waals surface area contributed by atoms with E-state index in [0.29, 0.717) is 10.8 Å². The smallest absolute Gasteiger partial charge is 0.189 e. The van der Waals surface area contributed by atoms with Crippen molar-refractivity contribution in [2.75, 3.05) is 10.6 Å². The highest BCUT2D eigenvalue weighted by atomic mass is 79.9. The number of anilines is 2. The molecule has 0 amide bonds. The summed E-state index contributed by atoms with van der Waals surface area (Å²) in [5.74, 6) is 0. The van der Waals surface area contributed by atoms with Crippen molar-refractivity contribution in [1.82, 2.24) is 24.9 Å². The van der Waals surface area contributed by atoms with Crippen molar-refractivity contribution in [2.45, 2.75) is 23.8 Å². The minimum absolute atomic E-state index is 0.495. The molecule has 2 aromatic carbocycles. The van der Waals surface area contributed by atoms with Crippen LogP contribution in [0.1, 0.15) is 11.1 Å². The molecule has 170 valence electrons. The standard InChI is InChI=1S/C23H18BrN7S3/c1-12-6-16(34-21-19-20(26-10-25-19)27-11-28-21)7-13(2)18(12)17-9-33-23(30-17)31-22(32)29-15-5-3-4-14(24)8-15/h3-11H,1-2H3,(H,25,26,27,28)(H2,29,30,31,32). The molecule has 5 aromatic rings. The van der Waals surface area contributed by atoms with Crippen LogP contribution in [0.25, 0.3) is 22.4 Å². The summed E-state index contributed by atoms with van der Waals surface area (Å²) in [7, 11) is 0. The van der Waals surface area contributed by atoms with Crippen molar-refractivity contribution >= 4 is 78.3 Å². The summed E-state index contributed by atoms with van der Waals surface area (Å²) in [6, 6.07) is 12.1. The second-order valence-electron chi connectivity index (χ2n) is 7.44. The van der Waals surface area contributed by atoms with Crippen LogP contribution in [0, 0.1) is 13.8 Å². The Kier molecular flexibility index (Phi) is 6.59. The number of imidazole rings is 1. The highest BCUT2D eigenvalue weighted by Crippen LogP contribution is 2.36. The third-order valence-electron chi connectivity index (χ3n) is 4.97. The number of aromatic amines is 1. The van der Waals surface area contributed by atoms with E-state index in [9.17, 15) is 0 Å². The fourth-order valence-corrected chi connectivity index (χ4v) is 6.02. The summed E-state index contributed by atoms with van der Waals surface area (Å²) in [6.45, 7) is 4.20. The number of hydrogen-bond acceptors (Lipinski definition) is 7. The lowest BCUT2D eigenvalue weighted by Crippen LogP contribution is -2.18. The van der Waals surface area contributed by atoms with Crippen LogP contribution in [0.2, 0.25) is 0 Å². The summed E-state index contributed by atoms with van der Waals surface area (Å²) >= 11 is 12.0. The SMILES string of the molecule is Cc1cc(Sc2ncnc3nc[nH]c23)cc(C)c1-c1csc(NC(=S)Nc2cccc(Br)c2)n1. The molecule has 3 N–H and O–H groups in total. The first kappa shape index (κ1) is 22.9. The van der Waals surface area contributed by atoms with Crippen molar-refractivity contribution in [1.29, 1.82) is 0 Å². The maximum Gasteiger partial charge on any atom is 0.189 e. The Morgan fingerprint density at radius 2 is 1.91 bits per heavy atom. The van der Waals surface area contributed by atoms with Gasteiger partial charge in [-0.1, -0.05) is 33.8 Å². The van der Waals surface area contributed by atoms with Gasteiger partial charge >= 0.3 is 0 Å². The molecule has 0 aliphatic carbocycles. The summed E-state index contributed by atoms with van der Waals surface area (Å²) < 4.78 is 0.984. The average Bonchev–Trinajstić information content (AvgIpc) is 3.43. The van der Waals surface area contributed by atoms with Crippen LogP contribution < -0.4 is 10.6 Å². The van der Waals surface area contributed by atoms with Crippen LogP contribution in [0.15, 0.2) is 68.8 Å². The van der Waals surface area contributed by atoms with Crippen LogP contribution in [-0.2, 0) is 0 Å². The molecule has 3 heterocycles. The molecular weight excluding hydrogens is 550 g/mol. The number of rotatable bonds is 5. The van der Waals surface area contributed by atoms with Gasteiger partial charge in [-0.15, -0.1) is 11.3 Å². The Morgan fingerprint density at radius 1 is 1.09 bits per heavy atom. The van der Waals surface area contributed by atoms with E-state index in [1.54, 1.807) is 24.4 Å². The number of halogens is 1. The number of aryl methyl sites for hydroxylation is 2. The zero-order valence-electron chi connectivity index (χ0n) is 18.1. The average molecular weight is 569 g/mol. The van der Waals surface area contributed by atoms with Gasteiger partial charge in [-0.2, -0.15) is 0 Å². The molecule has 0 aliphatic rings. The van der Waals surface area contributed by atoms with Crippen molar-refractivity contribution in [2.24, 2.45) is 0 Å². The third kappa shape index (κ3) is 4.97. The monoisotopic (exact) mass is 567 g/mol. The van der Waals surface area contributed by atoms with E-state index in [2.05, 4.69) is 72.5 Å². The van der Waals surface area contributed by atoms with Crippen LogP contribution >= 0.6 is 51.2 Å². The predicted octanol–water partition coefficient (Wildman–Crippen LogP) is 6.82. The van der Waals surface area contributed by atoms with Crippen molar-refractivity contribution in [3.05, 3.63) is 70.0 Å². The van der Waals surface area contributed by atoms with Gasteiger partial charge in [0.15, 0.2) is 15.9 Å². The zero-order chi connectivity index (χ0) is 23.7. The van der Waals surface area contributed by atoms with Gasteiger partial charge in [0, 0.05) is 26.0 Å². The van der Waals surface area contributed by atoms with E-state index in [1.807, 2.05) is 29.6 Å². The van der Waals surface area contributed by atoms with Crippen molar-refractivity contribution in [3.8, 4) is 11.3 Å². The van der Waals surface area contributed by atoms with E-state index in [1.165, 1.54) is 11.3 Å². The number of nitrogens with one attached hydrogen (secondary N) is 3. The Hall–Kier alpha value is -2.86. The summed E-state index contributed by atoms with van der Waals surface area (Å²) in [6.07, 6.45) is 3.18. The van der Waals surface area contributed by atoms with Gasteiger partial charge in [0.05, 0.1) is 12.0 Å². The summed E-state index contributed by atoms with van der Waals surface area (Å²) in [4.78, 5) is 21.8. The lowest BCUT2D eigenvalue weighted by atomic mass is 10.0. The molecule has 7 nitrogen and oxygen atoms in total. The van der Waals surface area contributed by atoms with Crippen LogP contribution in [0.5, 0.6) is 0 Å². The van der Waals surface area contributed by atoms with E-state index in [4.69, 9.17) is 17.2 Å². The highest BCUT2D eigenvalue weighted by Gasteiger charge is 2.14. The Labute approximate surface area is 218 Å². The first-order chi connectivity index (χ1) is 16.5. The molecule has 11 heteroatoms. The van der Waals surface area contributed by atoms with Crippen molar-refractivity contribution < 1.29 is 0 Å². The normalized spacial score (nSPS) is 11.0. The molecule has 0 radical (unpaired) electrons. The molecule has 5 rings (SSSR count). The number of thiocarbonyl (C=S) groups is 1. The van der Waals surface area contributed by atoms with E-state index >= 15 is 0 Å². The largest absolute Gasteiger partial charge is 0.341 e. The van der Waals surface area contributed by atoms with E-state index < -0.39 is 0 Å². The molecule has 0 atom stereocenters. The molecule has 0 unspecified atom stereocenters. The second-order valence-corrected chi connectivity index (χ2v) is 10.7. The minimum Gasteiger partial charge on any atom is -0.341 e. The number of fused-ring (bicyclic) bond motifs is 1. The zero-order valence-corrected chi connectivity index (χ0v) is 22.1. The van der Waals surface area contributed by atoms with Gasteiger partial charge < -0.3 is 15.6 Å². The molecule has 3 aromatic heterocycles. The molecule has 0 spiro atoms. The highest BCUT2D eigenvalue weighted by molar-refractivity contribution is 9.10. The topological polar surface area (TPSA) is 91.4 Å². The Balaban J connectivity index is 1.33. The third-order valence-corrected chi connectivity index (χ3v) is 7.40. The molecule has 0 fully saturated rings. The number of benzene rings is 2. The van der Waals surface area contributed by atoms with Crippen LogP contribution in [0.3, 0.4) is 0 Å². The fraction of sp³-hybridized carbons (Fsp3) is 0.0870. The second kappa shape index (κ2) is 9.79. The molecule has 0 bridgehead atoms. The van der Waals surface area contributed by atoms with Gasteiger partial charge in [-0.05, 0) is 67.5 Å². The maximum absolute atomic E-state index is 5.45. The fourth-order valence-electron chi connectivity index (χ4n) is 3.59. The molecule has 0 saturated carbocycles. The molecule has 0 saturated heterocycles. The van der Waals surface area contributed by atoms with Gasteiger partial charge in [0.1, 0.15) is 16.9 Å². The number of H-pyrrole nitrogens is 1.